The predicted octanol–water partition coefficient (Wildman–Crippen LogP) is 4.79. The molecule has 98 valence electrons. The SMILES string of the molecule is CCC/C=C/C=C\CC/C=C\CCCCCO. The van der Waals surface area contributed by atoms with Crippen molar-refractivity contribution in [1.82, 2.24) is 0 Å². The van der Waals surface area contributed by atoms with Crippen molar-refractivity contribution < 1.29 is 5.11 Å². The molecular weight excluding hydrogens is 208 g/mol. The molecule has 0 saturated heterocycles. The summed E-state index contributed by atoms with van der Waals surface area (Å²) in [6.07, 6.45) is 22.4. The van der Waals surface area contributed by atoms with Gasteiger partial charge in [0, 0.05) is 6.61 Å². The van der Waals surface area contributed by atoms with E-state index in [0.717, 1.165) is 32.1 Å². The minimum absolute atomic E-state index is 0.333. The third kappa shape index (κ3) is 15.2. The van der Waals surface area contributed by atoms with E-state index in [9.17, 15) is 0 Å². The first-order valence-electron chi connectivity index (χ1n) is 6.99. The van der Waals surface area contributed by atoms with Crippen LogP contribution in [0.4, 0.5) is 0 Å². The van der Waals surface area contributed by atoms with Crippen LogP contribution in [0.2, 0.25) is 0 Å². The predicted molar refractivity (Wildman–Crippen MR) is 77.1 cm³/mol. The number of hydrogen-bond donors (Lipinski definition) is 1. The Balaban J connectivity index is 3.23. The van der Waals surface area contributed by atoms with Gasteiger partial charge in [-0.15, -0.1) is 0 Å². The summed E-state index contributed by atoms with van der Waals surface area (Å²) in [6.45, 7) is 2.53. The summed E-state index contributed by atoms with van der Waals surface area (Å²) in [4.78, 5) is 0. The molecule has 0 radical (unpaired) electrons. The highest BCUT2D eigenvalue weighted by Crippen LogP contribution is 2.01. The van der Waals surface area contributed by atoms with E-state index >= 15 is 0 Å². The van der Waals surface area contributed by atoms with Crippen molar-refractivity contribution >= 4 is 0 Å². The highest BCUT2D eigenvalue weighted by Gasteiger charge is 1.84. The maximum Gasteiger partial charge on any atom is 0.0431 e. The zero-order valence-electron chi connectivity index (χ0n) is 11.3. The Bertz CT molecular complexity index is 214. The first kappa shape index (κ1) is 16.2. The van der Waals surface area contributed by atoms with Gasteiger partial charge in [-0.05, 0) is 38.5 Å². The Kier molecular flexibility index (Phi) is 14.4. The molecule has 17 heavy (non-hydrogen) atoms. The quantitative estimate of drug-likeness (QED) is 0.311. The average molecular weight is 236 g/mol. The molecule has 0 heterocycles. The number of allylic oxidation sites excluding steroid dienone is 6. The number of unbranched alkanes of at least 4 members (excludes halogenated alkanes) is 5. The van der Waals surface area contributed by atoms with Crippen molar-refractivity contribution in [1.29, 1.82) is 0 Å². The molecule has 0 aliphatic carbocycles. The van der Waals surface area contributed by atoms with Gasteiger partial charge in [0.25, 0.3) is 0 Å². The summed E-state index contributed by atoms with van der Waals surface area (Å²) in [5.74, 6) is 0. The van der Waals surface area contributed by atoms with Crippen molar-refractivity contribution in [2.24, 2.45) is 0 Å². The van der Waals surface area contributed by atoms with Gasteiger partial charge in [-0.25, -0.2) is 0 Å². The second-order valence-corrected chi connectivity index (χ2v) is 4.27. The summed E-state index contributed by atoms with van der Waals surface area (Å²) in [6, 6.07) is 0. The maximum absolute atomic E-state index is 8.61. The molecule has 0 aromatic rings. The maximum atomic E-state index is 8.61. The van der Waals surface area contributed by atoms with Crippen molar-refractivity contribution in [3.8, 4) is 0 Å². The lowest BCUT2D eigenvalue weighted by atomic mass is 10.2. The van der Waals surface area contributed by atoms with E-state index in [1.165, 1.54) is 19.3 Å². The van der Waals surface area contributed by atoms with Gasteiger partial charge in [-0.3, -0.25) is 0 Å². The van der Waals surface area contributed by atoms with Crippen LogP contribution in [0.15, 0.2) is 36.5 Å². The lowest BCUT2D eigenvalue weighted by Crippen LogP contribution is -1.81. The van der Waals surface area contributed by atoms with Crippen LogP contribution in [-0.2, 0) is 0 Å². The lowest BCUT2D eigenvalue weighted by molar-refractivity contribution is 0.283. The van der Waals surface area contributed by atoms with Gasteiger partial charge >= 0.3 is 0 Å². The Labute approximate surface area is 107 Å². The van der Waals surface area contributed by atoms with Crippen LogP contribution in [0.5, 0.6) is 0 Å². The van der Waals surface area contributed by atoms with E-state index in [2.05, 4.69) is 43.4 Å². The minimum Gasteiger partial charge on any atom is -0.396 e. The summed E-state index contributed by atoms with van der Waals surface area (Å²) < 4.78 is 0. The molecule has 1 heteroatoms. The lowest BCUT2D eigenvalue weighted by Gasteiger charge is -1.93. The zero-order valence-corrected chi connectivity index (χ0v) is 11.3. The molecule has 1 N–H and O–H groups in total. The molecule has 0 saturated carbocycles. The first-order valence-corrected chi connectivity index (χ1v) is 6.99. The van der Waals surface area contributed by atoms with E-state index in [0.29, 0.717) is 6.61 Å². The Morgan fingerprint density at radius 1 is 0.706 bits per heavy atom. The van der Waals surface area contributed by atoms with Crippen molar-refractivity contribution in [2.75, 3.05) is 6.61 Å². The summed E-state index contributed by atoms with van der Waals surface area (Å²) in [5.41, 5.74) is 0. The molecule has 0 aliphatic heterocycles. The molecule has 0 aliphatic rings. The standard InChI is InChI=1S/C16H28O/c1-2-3-4-5-6-7-8-9-10-11-12-13-14-15-16-17/h4-7,10-11,17H,2-3,8-9,12-16H2,1H3/b5-4+,7-6-,11-10-. The fourth-order valence-corrected chi connectivity index (χ4v) is 1.50. The van der Waals surface area contributed by atoms with Crippen LogP contribution in [0, 0.1) is 0 Å². The molecule has 0 aromatic carbocycles. The van der Waals surface area contributed by atoms with Gasteiger partial charge in [0.15, 0.2) is 0 Å². The van der Waals surface area contributed by atoms with Gasteiger partial charge in [0.2, 0.25) is 0 Å². The average Bonchev–Trinajstić information content (AvgIpc) is 2.35. The molecule has 1 nitrogen and oxygen atoms in total. The topological polar surface area (TPSA) is 20.2 Å². The zero-order chi connectivity index (χ0) is 12.6. The van der Waals surface area contributed by atoms with Gasteiger partial charge in [-0.1, -0.05) is 56.2 Å². The number of rotatable bonds is 11. The van der Waals surface area contributed by atoms with Gasteiger partial charge in [-0.2, -0.15) is 0 Å². The number of aliphatic hydroxyl groups excluding tert-OH is 1. The normalized spacial score (nSPS) is 12.4. The molecule has 0 amide bonds. The highest BCUT2D eigenvalue weighted by atomic mass is 16.2. The van der Waals surface area contributed by atoms with Gasteiger partial charge in [0.1, 0.15) is 0 Å². The van der Waals surface area contributed by atoms with Crippen LogP contribution >= 0.6 is 0 Å². The molecule has 0 aromatic heterocycles. The van der Waals surface area contributed by atoms with E-state index in [4.69, 9.17) is 5.11 Å². The molecule has 0 fully saturated rings. The first-order chi connectivity index (χ1) is 8.41. The number of aliphatic hydroxyl groups is 1. The van der Waals surface area contributed by atoms with Gasteiger partial charge < -0.3 is 5.11 Å². The third-order valence-corrected chi connectivity index (χ3v) is 2.53. The molecule has 0 atom stereocenters. The van der Waals surface area contributed by atoms with Crippen LogP contribution < -0.4 is 0 Å². The van der Waals surface area contributed by atoms with Crippen LogP contribution in [-0.4, -0.2) is 11.7 Å². The fourth-order valence-electron chi connectivity index (χ4n) is 1.50. The third-order valence-electron chi connectivity index (χ3n) is 2.53. The summed E-state index contributed by atoms with van der Waals surface area (Å²) in [7, 11) is 0. The van der Waals surface area contributed by atoms with Crippen molar-refractivity contribution in [3.05, 3.63) is 36.5 Å². The van der Waals surface area contributed by atoms with Crippen LogP contribution in [0.25, 0.3) is 0 Å². The molecule has 0 rings (SSSR count). The Morgan fingerprint density at radius 2 is 1.35 bits per heavy atom. The second kappa shape index (κ2) is 15.2. The van der Waals surface area contributed by atoms with Crippen molar-refractivity contribution in [3.63, 3.8) is 0 Å². The van der Waals surface area contributed by atoms with E-state index in [1.54, 1.807) is 0 Å². The number of hydrogen-bond acceptors (Lipinski definition) is 1. The highest BCUT2D eigenvalue weighted by molar-refractivity contribution is 5.02. The summed E-state index contributed by atoms with van der Waals surface area (Å²) >= 11 is 0. The molecule has 0 bridgehead atoms. The molecular formula is C16H28O. The van der Waals surface area contributed by atoms with Gasteiger partial charge in [0.05, 0.1) is 0 Å². The molecule has 0 unspecified atom stereocenters. The Hall–Kier alpha value is -0.820. The second-order valence-electron chi connectivity index (χ2n) is 4.27. The van der Waals surface area contributed by atoms with E-state index in [-0.39, 0.29) is 0 Å². The van der Waals surface area contributed by atoms with Crippen molar-refractivity contribution in [2.45, 2.75) is 58.3 Å². The molecule has 0 spiro atoms. The largest absolute Gasteiger partial charge is 0.396 e. The van der Waals surface area contributed by atoms with Crippen LogP contribution in [0.1, 0.15) is 58.3 Å². The fraction of sp³-hybridized carbons (Fsp3) is 0.625. The Morgan fingerprint density at radius 3 is 2.06 bits per heavy atom. The smallest absolute Gasteiger partial charge is 0.0431 e. The minimum atomic E-state index is 0.333. The van der Waals surface area contributed by atoms with E-state index in [1.807, 2.05) is 0 Å². The monoisotopic (exact) mass is 236 g/mol. The van der Waals surface area contributed by atoms with Crippen LogP contribution in [0.3, 0.4) is 0 Å². The van der Waals surface area contributed by atoms with E-state index < -0.39 is 0 Å². The summed E-state index contributed by atoms with van der Waals surface area (Å²) in [5, 5.41) is 8.61.